The SMILES string of the molecule is CC1CN(C(CN)c2ccccc2C2CC2)CC1C. The molecule has 0 spiro atoms. The predicted molar refractivity (Wildman–Crippen MR) is 80.1 cm³/mol. The molecular weight excluding hydrogens is 232 g/mol. The molecular formula is C17H26N2. The molecule has 1 saturated carbocycles. The topological polar surface area (TPSA) is 29.3 Å². The number of nitrogens with two attached hydrogens (primary N) is 1. The minimum absolute atomic E-state index is 0.421. The van der Waals surface area contributed by atoms with Crippen molar-refractivity contribution >= 4 is 0 Å². The van der Waals surface area contributed by atoms with Crippen molar-refractivity contribution in [3.8, 4) is 0 Å². The summed E-state index contributed by atoms with van der Waals surface area (Å²) >= 11 is 0. The van der Waals surface area contributed by atoms with Crippen LogP contribution in [0.4, 0.5) is 0 Å². The fraction of sp³-hybridized carbons (Fsp3) is 0.647. The maximum atomic E-state index is 6.12. The fourth-order valence-corrected chi connectivity index (χ4v) is 3.48. The second-order valence-corrected chi connectivity index (χ2v) is 6.56. The molecule has 0 aromatic heterocycles. The highest BCUT2D eigenvalue weighted by Gasteiger charge is 2.34. The van der Waals surface area contributed by atoms with E-state index in [1.54, 1.807) is 5.56 Å². The van der Waals surface area contributed by atoms with Crippen LogP contribution in [0.3, 0.4) is 0 Å². The van der Waals surface area contributed by atoms with Crippen molar-refractivity contribution in [2.75, 3.05) is 19.6 Å². The summed E-state index contributed by atoms with van der Waals surface area (Å²) < 4.78 is 0. The summed E-state index contributed by atoms with van der Waals surface area (Å²) in [5, 5.41) is 0. The Labute approximate surface area is 117 Å². The van der Waals surface area contributed by atoms with Crippen molar-refractivity contribution in [2.24, 2.45) is 17.6 Å². The number of benzene rings is 1. The van der Waals surface area contributed by atoms with Crippen LogP contribution in [0.1, 0.15) is 49.8 Å². The monoisotopic (exact) mass is 258 g/mol. The number of hydrogen-bond acceptors (Lipinski definition) is 2. The fourth-order valence-electron chi connectivity index (χ4n) is 3.48. The number of rotatable bonds is 4. The molecule has 2 heteroatoms. The van der Waals surface area contributed by atoms with Crippen LogP contribution in [0, 0.1) is 11.8 Å². The van der Waals surface area contributed by atoms with E-state index < -0.39 is 0 Å². The van der Waals surface area contributed by atoms with E-state index in [9.17, 15) is 0 Å². The van der Waals surface area contributed by atoms with Crippen LogP contribution in [-0.2, 0) is 0 Å². The van der Waals surface area contributed by atoms with Gasteiger partial charge in [0.2, 0.25) is 0 Å². The van der Waals surface area contributed by atoms with Crippen molar-refractivity contribution in [1.29, 1.82) is 0 Å². The molecule has 2 fully saturated rings. The maximum absolute atomic E-state index is 6.12. The molecule has 0 radical (unpaired) electrons. The van der Waals surface area contributed by atoms with Crippen LogP contribution >= 0.6 is 0 Å². The van der Waals surface area contributed by atoms with Crippen molar-refractivity contribution in [3.05, 3.63) is 35.4 Å². The summed E-state index contributed by atoms with van der Waals surface area (Å²) in [7, 11) is 0. The van der Waals surface area contributed by atoms with Crippen LogP contribution < -0.4 is 5.73 Å². The standard InChI is InChI=1S/C17H26N2/c1-12-10-19(11-13(12)2)17(9-18)16-6-4-3-5-15(16)14-7-8-14/h3-6,12-14,17H,7-11,18H2,1-2H3. The van der Waals surface area contributed by atoms with Gasteiger partial charge in [-0.1, -0.05) is 38.1 Å². The third-order valence-corrected chi connectivity index (χ3v) is 5.05. The van der Waals surface area contributed by atoms with Gasteiger partial charge in [-0.2, -0.15) is 0 Å². The first kappa shape index (κ1) is 13.1. The van der Waals surface area contributed by atoms with E-state index in [0.29, 0.717) is 6.04 Å². The Kier molecular flexibility index (Phi) is 3.64. The van der Waals surface area contributed by atoms with Gasteiger partial charge in [0.1, 0.15) is 0 Å². The van der Waals surface area contributed by atoms with E-state index in [1.165, 1.54) is 31.5 Å². The summed E-state index contributed by atoms with van der Waals surface area (Å²) in [5.74, 6) is 2.40. The lowest BCUT2D eigenvalue weighted by Crippen LogP contribution is -2.32. The molecule has 2 nitrogen and oxygen atoms in total. The molecule has 104 valence electrons. The number of nitrogens with zero attached hydrogens (tertiary/aromatic N) is 1. The van der Waals surface area contributed by atoms with E-state index in [1.807, 2.05) is 0 Å². The molecule has 1 saturated heterocycles. The van der Waals surface area contributed by atoms with Gasteiger partial charge in [-0.05, 0) is 41.7 Å². The predicted octanol–water partition coefficient (Wildman–Crippen LogP) is 3.15. The molecule has 19 heavy (non-hydrogen) atoms. The van der Waals surface area contributed by atoms with Crippen molar-refractivity contribution in [2.45, 2.75) is 38.6 Å². The number of hydrogen-bond donors (Lipinski definition) is 1. The third kappa shape index (κ3) is 2.56. The van der Waals surface area contributed by atoms with Gasteiger partial charge < -0.3 is 5.73 Å². The molecule has 0 bridgehead atoms. The quantitative estimate of drug-likeness (QED) is 0.899. The Balaban J connectivity index is 1.86. The van der Waals surface area contributed by atoms with E-state index >= 15 is 0 Å². The van der Waals surface area contributed by atoms with Crippen molar-refractivity contribution < 1.29 is 0 Å². The lowest BCUT2D eigenvalue weighted by molar-refractivity contribution is 0.239. The molecule has 1 aliphatic carbocycles. The Morgan fingerprint density at radius 1 is 1.16 bits per heavy atom. The summed E-state index contributed by atoms with van der Waals surface area (Å²) in [6, 6.07) is 9.40. The van der Waals surface area contributed by atoms with Crippen LogP contribution in [0.5, 0.6) is 0 Å². The van der Waals surface area contributed by atoms with Crippen molar-refractivity contribution in [3.63, 3.8) is 0 Å². The minimum atomic E-state index is 0.421. The van der Waals surface area contributed by atoms with E-state index in [-0.39, 0.29) is 0 Å². The molecule has 3 atom stereocenters. The summed E-state index contributed by atoms with van der Waals surface area (Å²) in [4.78, 5) is 2.61. The lowest BCUT2D eigenvalue weighted by atomic mass is 9.96. The van der Waals surface area contributed by atoms with Gasteiger partial charge in [-0.3, -0.25) is 4.90 Å². The second kappa shape index (κ2) is 5.26. The molecule has 1 aliphatic heterocycles. The highest BCUT2D eigenvalue weighted by atomic mass is 15.2. The first-order valence-corrected chi connectivity index (χ1v) is 7.73. The number of likely N-dealkylation sites (tertiary alicyclic amines) is 1. The molecule has 1 aromatic rings. The molecule has 3 unspecified atom stereocenters. The first-order valence-electron chi connectivity index (χ1n) is 7.73. The summed E-state index contributed by atoms with van der Waals surface area (Å²) in [5.41, 5.74) is 9.18. The van der Waals surface area contributed by atoms with Crippen LogP contribution in [0.25, 0.3) is 0 Å². The van der Waals surface area contributed by atoms with Gasteiger partial charge in [0.15, 0.2) is 0 Å². The molecule has 3 rings (SSSR count). The Morgan fingerprint density at radius 2 is 1.79 bits per heavy atom. The molecule has 1 heterocycles. The maximum Gasteiger partial charge on any atom is 0.0473 e. The largest absolute Gasteiger partial charge is 0.329 e. The highest BCUT2D eigenvalue weighted by molar-refractivity contribution is 5.36. The van der Waals surface area contributed by atoms with Gasteiger partial charge in [-0.25, -0.2) is 0 Å². The second-order valence-electron chi connectivity index (χ2n) is 6.56. The van der Waals surface area contributed by atoms with Gasteiger partial charge in [0.05, 0.1) is 0 Å². The summed E-state index contributed by atoms with van der Waals surface area (Å²) in [6.07, 6.45) is 2.72. The third-order valence-electron chi connectivity index (χ3n) is 5.05. The van der Waals surface area contributed by atoms with Crippen LogP contribution in [-0.4, -0.2) is 24.5 Å². The average molecular weight is 258 g/mol. The van der Waals surface area contributed by atoms with Gasteiger partial charge in [-0.15, -0.1) is 0 Å². The molecule has 2 N–H and O–H groups in total. The normalized spacial score (nSPS) is 29.6. The van der Waals surface area contributed by atoms with Crippen molar-refractivity contribution in [1.82, 2.24) is 4.90 Å². The Bertz CT molecular complexity index is 429. The summed E-state index contributed by atoms with van der Waals surface area (Å²) in [6.45, 7) is 7.86. The smallest absolute Gasteiger partial charge is 0.0473 e. The van der Waals surface area contributed by atoms with Gasteiger partial charge in [0.25, 0.3) is 0 Å². The average Bonchev–Trinajstić information content (AvgIpc) is 3.19. The van der Waals surface area contributed by atoms with Crippen LogP contribution in [0.15, 0.2) is 24.3 Å². The van der Waals surface area contributed by atoms with E-state index in [0.717, 1.165) is 24.3 Å². The lowest BCUT2D eigenvalue weighted by Gasteiger charge is -2.29. The zero-order chi connectivity index (χ0) is 13.4. The van der Waals surface area contributed by atoms with Crippen LogP contribution in [0.2, 0.25) is 0 Å². The molecule has 2 aliphatic rings. The Hall–Kier alpha value is -0.860. The van der Waals surface area contributed by atoms with Gasteiger partial charge in [0, 0.05) is 25.7 Å². The Morgan fingerprint density at radius 3 is 2.37 bits per heavy atom. The minimum Gasteiger partial charge on any atom is -0.329 e. The van der Waals surface area contributed by atoms with E-state index in [4.69, 9.17) is 5.73 Å². The van der Waals surface area contributed by atoms with E-state index in [2.05, 4.69) is 43.0 Å². The zero-order valence-electron chi connectivity index (χ0n) is 12.2. The van der Waals surface area contributed by atoms with Gasteiger partial charge >= 0.3 is 0 Å². The molecule has 1 aromatic carbocycles. The first-order chi connectivity index (χ1) is 9.20. The molecule has 0 amide bonds. The zero-order valence-corrected chi connectivity index (χ0v) is 12.2. The highest BCUT2D eigenvalue weighted by Crippen LogP contribution is 2.44.